The molecule has 0 unspecified atom stereocenters. The van der Waals surface area contributed by atoms with Crippen LogP contribution in [0.5, 0.6) is 0 Å². The molecule has 0 spiro atoms. The molecule has 0 bridgehead atoms. The van der Waals surface area contributed by atoms with Gasteiger partial charge in [0.25, 0.3) is 0 Å². The summed E-state index contributed by atoms with van der Waals surface area (Å²) in [6.45, 7) is 4.03. The van der Waals surface area contributed by atoms with Crippen molar-refractivity contribution in [3.63, 3.8) is 0 Å². The highest BCUT2D eigenvalue weighted by Crippen LogP contribution is 2.14. The Morgan fingerprint density at radius 3 is 2.57 bits per heavy atom. The Bertz CT molecular complexity index is 347. The Morgan fingerprint density at radius 2 is 2.14 bits per heavy atom. The van der Waals surface area contributed by atoms with E-state index in [0.29, 0.717) is 17.9 Å². The molecule has 0 aliphatic rings. The Kier molecular flexibility index (Phi) is 3.23. The van der Waals surface area contributed by atoms with Gasteiger partial charge in [0.05, 0.1) is 0 Å². The van der Waals surface area contributed by atoms with Crippen LogP contribution < -0.4 is 5.73 Å². The van der Waals surface area contributed by atoms with Crippen LogP contribution >= 0.6 is 0 Å². The molecule has 0 aliphatic heterocycles. The fraction of sp³-hybridized carbons (Fsp3) is 0.364. The summed E-state index contributed by atoms with van der Waals surface area (Å²) in [6.07, 6.45) is 0.672. The molecule has 0 aliphatic carbocycles. The predicted octanol–water partition coefficient (Wildman–Crippen LogP) is 2.12. The van der Waals surface area contributed by atoms with Gasteiger partial charge in [-0.15, -0.1) is 0 Å². The van der Waals surface area contributed by atoms with Gasteiger partial charge in [-0.3, -0.25) is 4.79 Å². The number of amides is 1. The van der Waals surface area contributed by atoms with E-state index in [4.69, 9.17) is 5.73 Å². The number of primary amides is 1. The highest BCUT2D eigenvalue weighted by Gasteiger charge is 2.07. The number of carbonyl (C=O) groups excluding carboxylic acids is 1. The van der Waals surface area contributed by atoms with Gasteiger partial charge in [0.2, 0.25) is 5.91 Å². The van der Waals surface area contributed by atoms with Crippen molar-refractivity contribution >= 4 is 5.91 Å². The smallest absolute Gasteiger partial charge is 0.248 e. The number of hydrogen-bond acceptors (Lipinski definition) is 1. The molecule has 14 heavy (non-hydrogen) atoms. The van der Waals surface area contributed by atoms with Crippen molar-refractivity contribution in [2.75, 3.05) is 0 Å². The summed E-state index contributed by atoms with van der Waals surface area (Å²) in [6, 6.07) is 4.37. The minimum absolute atomic E-state index is 0.218. The fourth-order valence-corrected chi connectivity index (χ4v) is 1.31. The lowest BCUT2D eigenvalue weighted by Gasteiger charge is -2.06. The molecule has 0 atom stereocenters. The van der Waals surface area contributed by atoms with Crippen molar-refractivity contribution in [2.45, 2.75) is 20.3 Å². The fourth-order valence-electron chi connectivity index (χ4n) is 1.31. The third-order valence-corrected chi connectivity index (χ3v) is 1.97. The minimum atomic E-state index is -0.597. The second-order valence-corrected chi connectivity index (χ2v) is 3.77. The Balaban J connectivity index is 2.95. The standard InChI is InChI=1S/C11H14FNO/c1-7(2)5-8-3-4-9(11(13)14)6-10(8)12/h3-4,6-7H,5H2,1-2H3,(H2,13,14). The molecule has 0 radical (unpaired) electrons. The Morgan fingerprint density at radius 1 is 1.50 bits per heavy atom. The van der Waals surface area contributed by atoms with Crippen molar-refractivity contribution in [3.8, 4) is 0 Å². The molecule has 0 heterocycles. The van der Waals surface area contributed by atoms with E-state index in [1.807, 2.05) is 13.8 Å². The second-order valence-electron chi connectivity index (χ2n) is 3.77. The molecule has 1 rings (SSSR count). The van der Waals surface area contributed by atoms with Crippen LogP contribution in [0.4, 0.5) is 4.39 Å². The average molecular weight is 195 g/mol. The van der Waals surface area contributed by atoms with Crippen molar-refractivity contribution < 1.29 is 9.18 Å². The summed E-state index contributed by atoms with van der Waals surface area (Å²) in [5.41, 5.74) is 5.88. The molecule has 3 heteroatoms. The SMILES string of the molecule is CC(C)Cc1ccc(C(N)=O)cc1F. The molecular formula is C11H14FNO. The largest absolute Gasteiger partial charge is 0.366 e. The minimum Gasteiger partial charge on any atom is -0.366 e. The highest BCUT2D eigenvalue weighted by molar-refractivity contribution is 5.92. The van der Waals surface area contributed by atoms with E-state index in [1.54, 1.807) is 12.1 Å². The zero-order valence-electron chi connectivity index (χ0n) is 8.38. The normalized spacial score (nSPS) is 10.6. The van der Waals surface area contributed by atoms with E-state index in [2.05, 4.69) is 0 Å². The van der Waals surface area contributed by atoms with E-state index in [1.165, 1.54) is 6.07 Å². The first-order valence-corrected chi connectivity index (χ1v) is 4.59. The van der Waals surface area contributed by atoms with Crippen LogP contribution in [0.15, 0.2) is 18.2 Å². The van der Waals surface area contributed by atoms with Gasteiger partial charge in [-0.2, -0.15) is 0 Å². The van der Waals surface area contributed by atoms with Crippen molar-refractivity contribution in [3.05, 3.63) is 35.1 Å². The third-order valence-electron chi connectivity index (χ3n) is 1.97. The summed E-state index contributed by atoms with van der Waals surface area (Å²) in [5.74, 6) is -0.557. The average Bonchev–Trinajstić information content (AvgIpc) is 2.07. The van der Waals surface area contributed by atoms with Gasteiger partial charge in [0, 0.05) is 5.56 Å². The topological polar surface area (TPSA) is 43.1 Å². The number of nitrogens with two attached hydrogens (primary N) is 1. The van der Waals surface area contributed by atoms with Crippen LogP contribution in [0.3, 0.4) is 0 Å². The number of hydrogen-bond donors (Lipinski definition) is 1. The summed E-state index contributed by atoms with van der Waals surface area (Å²) < 4.78 is 13.4. The number of benzene rings is 1. The quantitative estimate of drug-likeness (QED) is 0.788. The van der Waals surface area contributed by atoms with Crippen LogP contribution in [0, 0.1) is 11.7 Å². The Labute approximate surface area is 82.9 Å². The van der Waals surface area contributed by atoms with Crippen LogP contribution in [-0.4, -0.2) is 5.91 Å². The van der Waals surface area contributed by atoms with Crippen molar-refractivity contribution in [1.29, 1.82) is 0 Å². The molecule has 2 nitrogen and oxygen atoms in total. The maximum absolute atomic E-state index is 13.4. The van der Waals surface area contributed by atoms with Crippen LogP contribution in [-0.2, 0) is 6.42 Å². The van der Waals surface area contributed by atoms with Gasteiger partial charge in [0.15, 0.2) is 0 Å². The van der Waals surface area contributed by atoms with Crippen molar-refractivity contribution in [1.82, 2.24) is 0 Å². The van der Waals surface area contributed by atoms with Gasteiger partial charge in [-0.05, 0) is 30.0 Å². The first kappa shape index (κ1) is 10.7. The summed E-state index contributed by atoms with van der Waals surface area (Å²) in [7, 11) is 0. The predicted molar refractivity (Wildman–Crippen MR) is 53.5 cm³/mol. The van der Waals surface area contributed by atoms with E-state index >= 15 is 0 Å². The van der Waals surface area contributed by atoms with Crippen LogP contribution in [0.25, 0.3) is 0 Å². The van der Waals surface area contributed by atoms with Crippen molar-refractivity contribution in [2.24, 2.45) is 11.7 Å². The van der Waals surface area contributed by atoms with Gasteiger partial charge >= 0.3 is 0 Å². The summed E-state index contributed by atoms with van der Waals surface area (Å²) in [4.78, 5) is 10.7. The second kappa shape index (κ2) is 4.22. The molecule has 0 saturated heterocycles. The van der Waals surface area contributed by atoms with Gasteiger partial charge < -0.3 is 5.73 Å². The van der Waals surface area contributed by atoms with E-state index < -0.39 is 5.91 Å². The van der Waals surface area contributed by atoms with Crippen LogP contribution in [0.1, 0.15) is 29.8 Å². The molecular weight excluding hydrogens is 181 g/mol. The molecule has 0 aromatic heterocycles. The first-order valence-electron chi connectivity index (χ1n) is 4.59. The summed E-state index contributed by atoms with van der Waals surface area (Å²) in [5, 5.41) is 0. The molecule has 0 saturated carbocycles. The molecule has 1 amide bonds. The molecule has 1 aromatic carbocycles. The molecule has 76 valence electrons. The number of halogens is 1. The van der Waals surface area contributed by atoms with E-state index in [0.717, 1.165) is 0 Å². The summed E-state index contributed by atoms with van der Waals surface area (Å²) >= 11 is 0. The maximum Gasteiger partial charge on any atom is 0.248 e. The number of carbonyl (C=O) groups is 1. The molecule has 0 fully saturated rings. The highest BCUT2D eigenvalue weighted by atomic mass is 19.1. The monoisotopic (exact) mass is 195 g/mol. The zero-order chi connectivity index (χ0) is 10.7. The third kappa shape index (κ3) is 2.55. The van der Waals surface area contributed by atoms with Gasteiger partial charge in [0.1, 0.15) is 5.82 Å². The maximum atomic E-state index is 13.4. The Hall–Kier alpha value is -1.38. The lowest BCUT2D eigenvalue weighted by Crippen LogP contribution is -2.11. The molecule has 1 aromatic rings. The van der Waals surface area contributed by atoms with E-state index in [-0.39, 0.29) is 11.4 Å². The van der Waals surface area contributed by atoms with Gasteiger partial charge in [-0.25, -0.2) is 4.39 Å². The lowest BCUT2D eigenvalue weighted by atomic mass is 10.0. The van der Waals surface area contributed by atoms with E-state index in [9.17, 15) is 9.18 Å². The van der Waals surface area contributed by atoms with Gasteiger partial charge in [-0.1, -0.05) is 19.9 Å². The molecule has 2 N–H and O–H groups in total. The lowest BCUT2D eigenvalue weighted by molar-refractivity contribution is 0.1000. The first-order chi connectivity index (χ1) is 6.50. The number of rotatable bonds is 3. The zero-order valence-corrected chi connectivity index (χ0v) is 8.38. The van der Waals surface area contributed by atoms with Crippen LogP contribution in [0.2, 0.25) is 0 Å².